The van der Waals surface area contributed by atoms with Crippen LogP contribution in [0.2, 0.25) is 0 Å². The van der Waals surface area contributed by atoms with Gasteiger partial charge in [0.2, 0.25) is 0 Å². The number of nitrogens with zero attached hydrogens (tertiary/aromatic N) is 3. The van der Waals surface area contributed by atoms with Gasteiger partial charge in [-0.1, -0.05) is 141 Å². The Kier molecular flexibility index (Phi) is 10.2. The molecule has 0 unspecified atom stereocenters. The molecule has 0 amide bonds. The van der Waals surface area contributed by atoms with Gasteiger partial charge in [0.1, 0.15) is 11.6 Å². The molecule has 4 nitrogen and oxygen atoms in total. The van der Waals surface area contributed by atoms with Crippen molar-refractivity contribution in [3.63, 3.8) is 0 Å². The molecule has 0 saturated heterocycles. The van der Waals surface area contributed by atoms with Crippen molar-refractivity contribution in [2.45, 2.75) is 105 Å². The van der Waals surface area contributed by atoms with Gasteiger partial charge in [-0.15, -0.1) is 29.8 Å². The van der Waals surface area contributed by atoms with E-state index < -0.39 is 5.41 Å². The number of pyridine rings is 2. The van der Waals surface area contributed by atoms with E-state index in [2.05, 4.69) is 172 Å². The number of phenols is 1. The Bertz CT molecular complexity index is 2800. The molecule has 2 aliphatic rings. The third-order valence-electron chi connectivity index (χ3n) is 12.8. The van der Waals surface area contributed by atoms with E-state index in [1.54, 1.807) is 0 Å². The van der Waals surface area contributed by atoms with E-state index in [1.165, 1.54) is 38.9 Å². The third-order valence-corrected chi connectivity index (χ3v) is 12.8. The second-order valence-corrected chi connectivity index (χ2v) is 20.2. The minimum atomic E-state index is -0.685. The van der Waals surface area contributed by atoms with E-state index >= 15 is 0 Å². The van der Waals surface area contributed by atoms with Crippen LogP contribution < -0.4 is 4.90 Å². The Balaban J connectivity index is 0.00000514. The molecule has 9 rings (SSSR count). The largest absolute Gasteiger partial charge is 0.507 e. The number of phenolic OH excluding ortho intramolecular Hbond substituents is 1. The summed E-state index contributed by atoms with van der Waals surface area (Å²) >= 11 is 0. The zero-order chi connectivity index (χ0) is 42.7. The molecule has 0 saturated carbocycles. The molecule has 0 radical (unpaired) electrons. The Hall–Kier alpha value is -5.31. The predicted octanol–water partition coefficient (Wildman–Crippen LogP) is 14.3. The first-order chi connectivity index (χ1) is 28.3. The number of hydrogen-bond acceptors (Lipinski definition) is 4. The van der Waals surface area contributed by atoms with Crippen LogP contribution in [0.3, 0.4) is 0 Å². The second kappa shape index (κ2) is 14.7. The fourth-order valence-corrected chi connectivity index (χ4v) is 9.68. The Morgan fingerprint density at radius 3 is 1.70 bits per heavy atom. The van der Waals surface area contributed by atoms with Crippen molar-refractivity contribution >= 4 is 17.2 Å². The van der Waals surface area contributed by atoms with Crippen molar-refractivity contribution in [1.29, 1.82) is 0 Å². The van der Waals surface area contributed by atoms with Crippen LogP contribution in [-0.2, 0) is 42.7 Å². The van der Waals surface area contributed by atoms with Gasteiger partial charge in [-0.2, -0.15) is 0 Å². The molecule has 5 heteroatoms. The zero-order valence-corrected chi connectivity index (χ0v) is 39.8. The molecule has 312 valence electrons. The molecule has 5 aromatic carbocycles. The molecule has 0 atom stereocenters. The summed E-state index contributed by atoms with van der Waals surface area (Å²) in [6.07, 6.45) is 0. The van der Waals surface area contributed by atoms with Gasteiger partial charge in [0, 0.05) is 32.3 Å². The molecule has 0 aliphatic heterocycles. The monoisotopic (exact) mass is 981 g/mol. The van der Waals surface area contributed by atoms with Gasteiger partial charge in [-0.3, -0.25) is 0 Å². The van der Waals surface area contributed by atoms with Crippen LogP contribution in [0.15, 0.2) is 115 Å². The molecule has 0 fully saturated rings. The molecular formula is C56H56N3OPt-. The van der Waals surface area contributed by atoms with Crippen LogP contribution in [0.25, 0.3) is 33.6 Å². The van der Waals surface area contributed by atoms with Crippen LogP contribution in [0.4, 0.5) is 17.2 Å². The standard InChI is InChI=1S/C56H56N3O.Pt/c1-33-28-39(55(10,11)12)29-34(2)52(33)59(40-18-14-17-36(30-40)47-20-13-16-35(3)57-47)49-27-26-44-51(58-49)50-43(19-15-21-48(50)60)56(44)45-31-37(53(4,5)6)22-24-41(45)42-25-23-38(32-46(42)56)54(7,8)9;/h13-29,31-32,60H,1-12H3;/q-1;. The molecule has 61 heavy (non-hydrogen) atoms. The van der Waals surface area contributed by atoms with Gasteiger partial charge in [0.15, 0.2) is 0 Å². The summed E-state index contributed by atoms with van der Waals surface area (Å²) in [7, 11) is 0. The van der Waals surface area contributed by atoms with Crippen LogP contribution in [-0.4, -0.2) is 15.1 Å². The molecule has 1 spiro atoms. The Morgan fingerprint density at radius 2 is 1.13 bits per heavy atom. The first-order valence-electron chi connectivity index (χ1n) is 21.3. The van der Waals surface area contributed by atoms with Crippen molar-refractivity contribution in [3.8, 4) is 39.4 Å². The summed E-state index contributed by atoms with van der Waals surface area (Å²) in [6.45, 7) is 26.9. The van der Waals surface area contributed by atoms with Crippen molar-refractivity contribution in [1.82, 2.24) is 9.97 Å². The molecule has 2 aromatic heterocycles. The summed E-state index contributed by atoms with van der Waals surface area (Å²) in [5.41, 5.74) is 18.6. The fraction of sp³-hybridized carbons (Fsp3) is 0.286. The topological polar surface area (TPSA) is 49.2 Å². The first kappa shape index (κ1) is 42.4. The number of aromatic hydroxyl groups is 1. The molecule has 0 bridgehead atoms. The summed E-state index contributed by atoms with van der Waals surface area (Å²) in [5, 5.41) is 12.1. The van der Waals surface area contributed by atoms with E-state index in [0.29, 0.717) is 0 Å². The molecule has 2 aliphatic carbocycles. The minimum absolute atomic E-state index is 0. The van der Waals surface area contributed by atoms with E-state index in [9.17, 15) is 5.11 Å². The van der Waals surface area contributed by atoms with Gasteiger partial charge < -0.3 is 15.0 Å². The minimum Gasteiger partial charge on any atom is -0.507 e. The predicted molar refractivity (Wildman–Crippen MR) is 249 cm³/mol. The average molecular weight is 982 g/mol. The fourth-order valence-electron chi connectivity index (χ4n) is 9.68. The van der Waals surface area contributed by atoms with E-state index in [1.807, 2.05) is 37.3 Å². The maximum Gasteiger partial charge on any atom is 0.136 e. The van der Waals surface area contributed by atoms with Crippen molar-refractivity contribution in [2.75, 3.05) is 4.90 Å². The number of fused-ring (bicyclic) bond motifs is 10. The van der Waals surface area contributed by atoms with Crippen molar-refractivity contribution in [3.05, 3.63) is 177 Å². The van der Waals surface area contributed by atoms with E-state index in [4.69, 9.17) is 9.97 Å². The molecule has 7 aromatic rings. The van der Waals surface area contributed by atoms with Gasteiger partial charge in [-0.25, -0.2) is 4.98 Å². The normalized spacial score (nSPS) is 13.6. The van der Waals surface area contributed by atoms with Crippen LogP contribution in [0.1, 0.15) is 118 Å². The quantitative estimate of drug-likeness (QED) is 0.179. The Labute approximate surface area is 377 Å². The molecule has 2 heterocycles. The Morgan fingerprint density at radius 1 is 0.557 bits per heavy atom. The van der Waals surface area contributed by atoms with Crippen LogP contribution in [0.5, 0.6) is 5.75 Å². The van der Waals surface area contributed by atoms with Crippen LogP contribution in [0, 0.1) is 26.8 Å². The SMILES string of the molecule is Cc1cccc(-c2[c-]c(N(c3ccc4c(n3)-c3c(O)cccc3C43c4cc(C(C)(C)C)ccc4-c4ccc(C(C)(C)C)cc43)c3c(C)cc(C(C)(C)C)cc3C)ccc2)n1.[Pt]. The number of anilines is 3. The smallest absolute Gasteiger partial charge is 0.136 e. The maximum absolute atomic E-state index is 12.1. The van der Waals surface area contributed by atoms with Gasteiger partial charge in [-0.05, 0) is 128 Å². The van der Waals surface area contributed by atoms with Gasteiger partial charge >= 0.3 is 0 Å². The first-order valence-corrected chi connectivity index (χ1v) is 21.3. The van der Waals surface area contributed by atoms with Crippen molar-refractivity contribution < 1.29 is 26.2 Å². The average Bonchev–Trinajstić information content (AvgIpc) is 3.65. The van der Waals surface area contributed by atoms with Crippen molar-refractivity contribution in [2.24, 2.45) is 0 Å². The third kappa shape index (κ3) is 6.78. The summed E-state index contributed by atoms with van der Waals surface area (Å²) in [4.78, 5) is 12.8. The number of hydrogen-bond donors (Lipinski definition) is 1. The van der Waals surface area contributed by atoms with Crippen LogP contribution >= 0.6 is 0 Å². The number of aryl methyl sites for hydroxylation is 3. The summed E-state index contributed by atoms with van der Waals surface area (Å²) in [6, 6.07) is 45.4. The maximum atomic E-state index is 12.1. The van der Waals surface area contributed by atoms with E-state index in [0.717, 1.165) is 67.7 Å². The molecule has 1 N–H and O–H groups in total. The number of benzene rings is 5. The van der Waals surface area contributed by atoms with Gasteiger partial charge in [0.25, 0.3) is 0 Å². The number of rotatable bonds is 4. The van der Waals surface area contributed by atoms with E-state index in [-0.39, 0.29) is 43.1 Å². The second-order valence-electron chi connectivity index (χ2n) is 20.2. The number of aromatic nitrogens is 2. The summed E-state index contributed by atoms with van der Waals surface area (Å²) < 4.78 is 0. The zero-order valence-electron chi connectivity index (χ0n) is 37.6. The van der Waals surface area contributed by atoms with Gasteiger partial charge in [0.05, 0.1) is 16.8 Å². The summed E-state index contributed by atoms with van der Waals surface area (Å²) in [5.74, 6) is 0.988. The molecular weight excluding hydrogens is 926 g/mol.